The van der Waals surface area contributed by atoms with E-state index in [4.69, 9.17) is 4.84 Å². The first-order chi connectivity index (χ1) is 18.5. The third-order valence-corrected chi connectivity index (χ3v) is 9.75. The highest BCUT2D eigenvalue weighted by molar-refractivity contribution is 6.00. The number of piperidine rings is 1. The number of benzene rings is 1. The highest BCUT2D eigenvalue weighted by atomic mass is 16.6. The third kappa shape index (κ3) is 4.88. The van der Waals surface area contributed by atoms with E-state index in [9.17, 15) is 14.7 Å². The highest BCUT2D eigenvalue weighted by Crippen LogP contribution is 2.47. The number of carboxylic acid groups (broad SMARTS) is 1. The van der Waals surface area contributed by atoms with Crippen LogP contribution >= 0.6 is 0 Å². The van der Waals surface area contributed by atoms with E-state index in [0.29, 0.717) is 23.8 Å². The minimum Gasteiger partial charge on any atom is -0.481 e. The Balaban J connectivity index is 1.32. The summed E-state index contributed by atoms with van der Waals surface area (Å²) in [6.45, 7) is 0. The molecule has 8 heteroatoms. The lowest BCUT2D eigenvalue weighted by Gasteiger charge is -2.48. The molecule has 2 saturated carbocycles. The lowest BCUT2D eigenvalue weighted by molar-refractivity contribution is -0.136. The van der Waals surface area contributed by atoms with Gasteiger partial charge >= 0.3 is 5.97 Å². The van der Waals surface area contributed by atoms with Crippen LogP contribution in [0, 0.1) is 11.8 Å². The minimum absolute atomic E-state index is 0.0945. The number of fused-ring (bicyclic) bond motifs is 5. The summed E-state index contributed by atoms with van der Waals surface area (Å²) in [5.41, 5.74) is 1.89. The summed E-state index contributed by atoms with van der Waals surface area (Å²) in [7, 11) is 1.41. The van der Waals surface area contributed by atoms with Crippen molar-refractivity contribution in [1.29, 1.82) is 0 Å². The van der Waals surface area contributed by atoms with Gasteiger partial charge in [0.2, 0.25) is 0 Å². The number of oxime groups is 1. The van der Waals surface area contributed by atoms with Gasteiger partial charge in [-0.15, -0.1) is 0 Å². The summed E-state index contributed by atoms with van der Waals surface area (Å²) in [6.07, 6.45) is 14.1. The summed E-state index contributed by atoms with van der Waals surface area (Å²) >= 11 is 0. The Morgan fingerprint density at radius 2 is 1.63 bits per heavy atom. The van der Waals surface area contributed by atoms with E-state index >= 15 is 0 Å². The molecule has 38 heavy (non-hydrogen) atoms. The average Bonchev–Trinajstić information content (AvgIpc) is 3.06. The maximum Gasteiger partial charge on any atom is 0.303 e. The first-order valence-electron chi connectivity index (χ1n) is 14.6. The molecule has 4 bridgehead atoms. The Morgan fingerprint density at radius 3 is 2.29 bits per heavy atom. The Bertz CT molecular complexity index is 1240. The van der Waals surface area contributed by atoms with Gasteiger partial charge in [0, 0.05) is 30.6 Å². The van der Waals surface area contributed by atoms with E-state index in [-0.39, 0.29) is 30.1 Å². The second-order valence-electron chi connectivity index (χ2n) is 12.1. The number of carboxylic acids is 1. The van der Waals surface area contributed by atoms with Crippen molar-refractivity contribution in [3.63, 3.8) is 0 Å². The van der Waals surface area contributed by atoms with Gasteiger partial charge in [-0.25, -0.2) is 4.98 Å². The SMILES string of the molecule is CO/N=C(\CCC(=O)O)c1nc2ccccc2n([C@H]2C[C@H]3CC[C@@H](C2)N3[C@@H]2C[C@@H]3CCCC[C@@H](C3)C2)c1=O. The summed E-state index contributed by atoms with van der Waals surface area (Å²) in [6, 6.07) is 9.62. The summed E-state index contributed by atoms with van der Waals surface area (Å²) < 4.78 is 1.95. The molecule has 0 amide bonds. The van der Waals surface area contributed by atoms with Crippen LogP contribution in [0.15, 0.2) is 34.2 Å². The number of nitrogens with zero attached hydrogens (tertiary/aromatic N) is 4. The van der Waals surface area contributed by atoms with Crippen LogP contribution in [-0.2, 0) is 9.63 Å². The molecule has 1 aromatic carbocycles. The minimum atomic E-state index is -0.943. The molecule has 8 nitrogen and oxygen atoms in total. The van der Waals surface area contributed by atoms with Crippen LogP contribution in [0.25, 0.3) is 11.0 Å². The molecule has 2 aromatic rings. The second-order valence-corrected chi connectivity index (χ2v) is 12.1. The maximum atomic E-state index is 14.0. The molecule has 1 aromatic heterocycles. The van der Waals surface area contributed by atoms with E-state index < -0.39 is 5.97 Å². The number of aromatic nitrogens is 2. The Morgan fingerprint density at radius 1 is 0.947 bits per heavy atom. The number of carbonyl (C=O) groups is 1. The molecule has 2 saturated heterocycles. The first kappa shape index (κ1) is 25.5. The largest absolute Gasteiger partial charge is 0.481 e. The van der Waals surface area contributed by atoms with Crippen LogP contribution < -0.4 is 5.56 Å². The van der Waals surface area contributed by atoms with Crippen molar-refractivity contribution in [3.8, 4) is 0 Å². The molecule has 4 aliphatic rings. The lowest BCUT2D eigenvalue weighted by Crippen LogP contribution is -2.52. The second kappa shape index (κ2) is 10.8. The van der Waals surface area contributed by atoms with Crippen molar-refractivity contribution in [2.24, 2.45) is 17.0 Å². The zero-order chi connectivity index (χ0) is 26.2. The van der Waals surface area contributed by atoms with Crippen LogP contribution in [-0.4, -0.2) is 56.5 Å². The van der Waals surface area contributed by atoms with Crippen LogP contribution in [0.2, 0.25) is 0 Å². The normalized spacial score (nSPS) is 31.8. The molecule has 3 heterocycles. The van der Waals surface area contributed by atoms with Gasteiger partial charge in [0.1, 0.15) is 12.8 Å². The van der Waals surface area contributed by atoms with Crippen molar-refractivity contribution in [2.45, 2.75) is 108 Å². The standard InChI is InChI=1S/C30H40N4O4/c1-38-32-26(12-13-28(35)36)29-30(37)34(27-9-5-4-8-25(27)31-29)24-17-21-10-11-22(18-24)33(21)23-15-19-6-2-3-7-20(14-19)16-23/h4-5,8-9,19-24H,2-3,6-7,10-18H2,1H3,(H,35,36)/b32-26+/t19-,20+,21-,22+,23-,24+. The maximum absolute atomic E-state index is 14.0. The van der Waals surface area contributed by atoms with Crippen molar-refractivity contribution >= 4 is 22.7 Å². The topological polar surface area (TPSA) is 97.0 Å². The van der Waals surface area contributed by atoms with Gasteiger partial charge in [-0.2, -0.15) is 0 Å². The van der Waals surface area contributed by atoms with Crippen LogP contribution in [0.1, 0.15) is 95.2 Å². The van der Waals surface area contributed by atoms with Crippen LogP contribution in [0.5, 0.6) is 0 Å². The van der Waals surface area contributed by atoms with E-state index in [1.165, 1.54) is 64.9 Å². The van der Waals surface area contributed by atoms with Gasteiger partial charge in [0.15, 0.2) is 5.69 Å². The summed E-state index contributed by atoms with van der Waals surface area (Å²) in [5, 5.41) is 13.3. The van der Waals surface area contributed by atoms with Gasteiger partial charge in [-0.3, -0.25) is 14.5 Å². The summed E-state index contributed by atoms with van der Waals surface area (Å²) in [5.74, 6) is 0.857. The van der Waals surface area contributed by atoms with Gasteiger partial charge < -0.3 is 14.5 Å². The van der Waals surface area contributed by atoms with Gasteiger partial charge in [-0.1, -0.05) is 43.0 Å². The molecule has 204 valence electrons. The predicted molar refractivity (Wildman–Crippen MR) is 146 cm³/mol. The van der Waals surface area contributed by atoms with Crippen molar-refractivity contribution in [3.05, 3.63) is 40.3 Å². The first-order valence-corrected chi connectivity index (χ1v) is 14.6. The van der Waals surface area contributed by atoms with E-state index in [1.54, 1.807) is 0 Å². The Labute approximate surface area is 224 Å². The number of rotatable bonds is 7. The van der Waals surface area contributed by atoms with Gasteiger partial charge in [-0.05, 0) is 68.9 Å². The quantitative estimate of drug-likeness (QED) is 0.401. The number of para-hydroxylation sites is 2. The predicted octanol–water partition coefficient (Wildman–Crippen LogP) is 5.14. The lowest BCUT2D eigenvalue weighted by atomic mass is 9.76. The molecule has 2 aliphatic heterocycles. The van der Waals surface area contributed by atoms with Crippen LogP contribution in [0.4, 0.5) is 0 Å². The fourth-order valence-corrected chi connectivity index (χ4v) is 8.35. The van der Waals surface area contributed by atoms with E-state index in [0.717, 1.165) is 35.7 Å². The monoisotopic (exact) mass is 520 g/mol. The molecular formula is C30H40N4O4. The summed E-state index contributed by atoms with van der Waals surface area (Å²) in [4.78, 5) is 37.9. The molecule has 6 atom stereocenters. The molecule has 2 aliphatic carbocycles. The molecule has 0 radical (unpaired) electrons. The molecular weight excluding hydrogens is 480 g/mol. The number of aliphatic carboxylic acids is 1. The van der Waals surface area contributed by atoms with Crippen molar-refractivity contribution < 1.29 is 14.7 Å². The third-order valence-electron chi connectivity index (χ3n) is 9.75. The number of hydrogen-bond donors (Lipinski definition) is 1. The zero-order valence-corrected chi connectivity index (χ0v) is 22.4. The Hall–Kier alpha value is -2.74. The Kier molecular flexibility index (Phi) is 7.25. The number of hydrogen-bond acceptors (Lipinski definition) is 6. The molecule has 0 spiro atoms. The van der Waals surface area contributed by atoms with E-state index in [1.807, 2.05) is 28.8 Å². The highest BCUT2D eigenvalue weighted by Gasteiger charge is 2.47. The van der Waals surface area contributed by atoms with Gasteiger partial charge in [0.05, 0.1) is 17.5 Å². The van der Waals surface area contributed by atoms with Crippen molar-refractivity contribution in [2.75, 3.05) is 7.11 Å². The molecule has 6 rings (SSSR count). The molecule has 4 fully saturated rings. The van der Waals surface area contributed by atoms with Crippen LogP contribution in [0.3, 0.4) is 0 Å². The fourth-order valence-electron chi connectivity index (χ4n) is 8.35. The molecule has 1 N–H and O–H groups in total. The molecule has 0 unspecified atom stereocenters. The van der Waals surface area contributed by atoms with Crippen molar-refractivity contribution in [1.82, 2.24) is 14.5 Å². The van der Waals surface area contributed by atoms with E-state index in [2.05, 4.69) is 15.0 Å². The van der Waals surface area contributed by atoms with Gasteiger partial charge in [0.25, 0.3) is 5.56 Å². The fraction of sp³-hybridized carbons (Fsp3) is 0.667. The smallest absolute Gasteiger partial charge is 0.303 e. The zero-order valence-electron chi connectivity index (χ0n) is 22.4. The average molecular weight is 521 g/mol.